The van der Waals surface area contributed by atoms with E-state index in [0.717, 1.165) is 0 Å². The average Bonchev–Trinajstić information content (AvgIpc) is 2.20. The minimum atomic E-state index is -1.47. The van der Waals surface area contributed by atoms with Gasteiger partial charge in [0.2, 0.25) is 0 Å². The monoisotopic (exact) mass is 267 g/mol. The maximum atomic E-state index is 11.8. The molecule has 104 valence electrons. The van der Waals surface area contributed by atoms with Crippen molar-refractivity contribution in [2.45, 2.75) is 33.3 Å². The number of anilines is 2. The molecule has 0 bridgehead atoms. The van der Waals surface area contributed by atoms with Gasteiger partial charge in [0.05, 0.1) is 11.4 Å². The lowest BCUT2D eigenvalue weighted by atomic mass is 10.2. The molecule has 0 fully saturated rings. The summed E-state index contributed by atoms with van der Waals surface area (Å²) < 4.78 is 5.02. The number of rotatable bonds is 1. The third-order valence-electron chi connectivity index (χ3n) is 2.11. The first-order valence-electron chi connectivity index (χ1n) is 5.61. The minimum absolute atomic E-state index is 0.0477. The summed E-state index contributed by atoms with van der Waals surface area (Å²) in [6, 6.07) is 2.83. The summed E-state index contributed by atoms with van der Waals surface area (Å²) in [4.78, 5) is 27.4. The van der Waals surface area contributed by atoms with Gasteiger partial charge in [0.1, 0.15) is 11.4 Å². The van der Waals surface area contributed by atoms with Gasteiger partial charge in [-0.05, 0) is 39.8 Å². The van der Waals surface area contributed by atoms with Crippen LogP contribution < -0.4 is 10.6 Å². The number of pyridine rings is 1. The first-order valence-corrected chi connectivity index (χ1v) is 5.61. The van der Waals surface area contributed by atoms with Gasteiger partial charge in [-0.3, -0.25) is 0 Å². The third-order valence-corrected chi connectivity index (χ3v) is 2.11. The van der Waals surface area contributed by atoms with Crippen molar-refractivity contribution in [3.63, 3.8) is 0 Å². The molecular formula is C12H17N3O4. The number of hydrogen-bond acceptors (Lipinski definition) is 5. The number of imide groups is 1. The van der Waals surface area contributed by atoms with Crippen LogP contribution in [0.3, 0.4) is 0 Å². The third kappa shape index (κ3) is 3.84. The number of nitrogen functional groups attached to an aromatic ring is 1. The molecule has 0 saturated carbocycles. The van der Waals surface area contributed by atoms with Gasteiger partial charge >= 0.3 is 12.2 Å². The molecule has 7 nitrogen and oxygen atoms in total. The zero-order valence-electron chi connectivity index (χ0n) is 11.3. The van der Waals surface area contributed by atoms with Crippen molar-refractivity contribution in [2.75, 3.05) is 10.6 Å². The highest BCUT2D eigenvalue weighted by Crippen LogP contribution is 2.19. The van der Waals surface area contributed by atoms with Crippen molar-refractivity contribution in [1.29, 1.82) is 0 Å². The predicted molar refractivity (Wildman–Crippen MR) is 70.1 cm³/mol. The second kappa shape index (κ2) is 5.13. The van der Waals surface area contributed by atoms with E-state index < -0.39 is 17.8 Å². The van der Waals surface area contributed by atoms with E-state index in [4.69, 9.17) is 15.6 Å². The fraction of sp³-hybridized carbons (Fsp3) is 0.417. The summed E-state index contributed by atoms with van der Waals surface area (Å²) in [5.41, 5.74) is 5.65. The van der Waals surface area contributed by atoms with Crippen LogP contribution >= 0.6 is 0 Å². The number of carbonyl (C=O) groups is 2. The molecule has 1 aromatic rings. The highest BCUT2D eigenvalue weighted by molar-refractivity contribution is 6.07. The van der Waals surface area contributed by atoms with Gasteiger partial charge in [-0.1, -0.05) is 0 Å². The lowest BCUT2D eigenvalue weighted by molar-refractivity contribution is 0.0581. The Bertz CT molecular complexity index is 508. The fourth-order valence-electron chi connectivity index (χ4n) is 1.26. The Morgan fingerprint density at radius 3 is 2.37 bits per heavy atom. The standard InChI is InChI=1S/C12H17N3O4/c1-7-8(13)5-6-9(14-7)15(10(16)17)11(18)19-12(2,3)4/h5-6H,13H2,1-4H3,(H,16,17). The molecule has 0 spiro atoms. The number of hydrogen-bond donors (Lipinski definition) is 2. The Kier molecular flexibility index (Phi) is 3.98. The van der Waals surface area contributed by atoms with Gasteiger partial charge in [0.15, 0.2) is 0 Å². The van der Waals surface area contributed by atoms with E-state index in [1.54, 1.807) is 27.7 Å². The molecule has 0 aromatic carbocycles. The molecule has 0 aliphatic rings. The molecule has 1 heterocycles. The molecule has 2 amide bonds. The van der Waals surface area contributed by atoms with E-state index >= 15 is 0 Å². The molecule has 7 heteroatoms. The summed E-state index contributed by atoms with van der Waals surface area (Å²) >= 11 is 0. The van der Waals surface area contributed by atoms with Crippen molar-refractivity contribution in [2.24, 2.45) is 0 Å². The Balaban J connectivity index is 3.10. The summed E-state index contributed by atoms with van der Waals surface area (Å²) in [6.07, 6.45) is -2.47. The van der Waals surface area contributed by atoms with Gasteiger partial charge in [0.25, 0.3) is 0 Å². The molecule has 0 saturated heterocycles. The molecule has 0 unspecified atom stereocenters. The van der Waals surface area contributed by atoms with Crippen LogP contribution in [-0.4, -0.2) is 27.9 Å². The van der Waals surface area contributed by atoms with Gasteiger partial charge in [-0.25, -0.2) is 14.6 Å². The van der Waals surface area contributed by atoms with Crippen LogP contribution in [0.25, 0.3) is 0 Å². The Morgan fingerprint density at radius 2 is 1.95 bits per heavy atom. The van der Waals surface area contributed by atoms with Gasteiger partial charge in [-0.2, -0.15) is 4.90 Å². The van der Waals surface area contributed by atoms with E-state index in [1.165, 1.54) is 12.1 Å². The summed E-state index contributed by atoms with van der Waals surface area (Å²) in [7, 11) is 0. The number of ether oxygens (including phenoxy) is 1. The summed E-state index contributed by atoms with van der Waals surface area (Å²) in [6.45, 7) is 6.56. The smallest absolute Gasteiger partial charge is 0.425 e. The normalized spacial score (nSPS) is 10.9. The fourth-order valence-corrected chi connectivity index (χ4v) is 1.26. The van der Waals surface area contributed by atoms with Crippen LogP contribution in [0.4, 0.5) is 21.1 Å². The number of nitrogens with two attached hydrogens (primary N) is 1. The second-order valence-corrected chi connectivity index (χ2v) is 4.94. The van der Waals surface area contributed by atoms with Crippen LogP contribution in [0.1, 0.15) is 26.5 Å². The lowest BCUT2D eigenvalue weighted by Gasteiger charge is -2.24. The van der Waals surface area contributed by atoms with Crippen LogP contribution in [-0.2, 0) is 4.74 Å². The van der Waals surface area contributed by atoms with Crippen molar-refractivity contribution >= 4 is 23.7 Å². The molecule has 19 heavy (non-hydrogen) atoms. The van der Waals surface area contributed by atoms with Crippen LogP contribution in [0.2, 0.25) is 0 Å². The molecule has 1 aromatic heterocycles. The Labute approximate surface area is 111 Å². The van der Waals surface area contributed by atoms with E-state index in [-0.39, 0.29) is 5.82 Å². The highest BCUT2D eigenvalue weighted by Gasteiger charge is 2.29. The lowest BCUT2D eigenvalue weighted by Crippen LogP contribution is -2.40. The van der Waals surface area contributed by atoms with E-state index in [2.05, 4.69) is 4.98 Å². The number of amides is 2. The average molecular weight is 267 g/mol. The summed E-state index contributed by atoms with van der Waals surface area (Å²) in [5, 5.41) is 9.11. The molecular weight excluding hydrogens is 250 g/mol. The SMILES string of the molecule is Cc1nc(N(C(=O)O)C(=O)OC(C)(C)C)ccc1N. The van der Waals surface area contributed by atoms with Crippen molar-refractivity contribution in [3.8, 4) is 0 Å². The number of carboxylic acid groups (broad SMARTS) is 1. The molecule has 0 radical (unpaired) electrons. The van der Waals surface area contributed by atoms with Gasteiger partial charge < -0.3 is 15.6 Å². The quantitative estimate of drug-likeness (QED) is 0.809. The summed E-state index contributed by atoms with van der Waals surface area (Å²) in [5.74, 6) is -0.0477. The second-order valence-electron chi connectivity index (χ2n) is 4.94. The predicted octanol–water partition coefficient (Wildman–Crippen LogP) is 2.39. The van der Waals surface area contributed by atoms with Crippen LogP contribution in [0.15, 0.2) is 12.1 Å². The minimum Gasteiger partial charge on any atom is -0.464 e. The molecule has 3 N–H and O–H groups in total. The van der Waals surface area contributed by atoms with E-state index in [1.807, 2.05) is 0 Å². The maximum Gasteiger partial charge on any atom is 0.425 e. The molecule has 1 rings (SSSR count). The topological polar surface area (TPSA) is 106 Å². The molecule has 0 atom stereocenters. The van der Waals surface area contributed by atoms with Crippen molar-refractivity contribution in [1.82, 2.24) is 4.98 Å². The largest absolute Gasteiger partial charge is 0.464 e. The van der Waals surface area contributed by atoms with Crippen molar-refractivity contribution in [3.05, 3.63) is 17.8 Å². The van der Waals surface area contributed by atoms with Gasteiger partial charge in [-0.15, -0.1) is 0 Å². The zero-order valence-corrected chi connectivity index (χ0v) is 11.3. The van der Waals surface area contributed by atoms with Gasteiger partial charge in [0, 0.05) is 0 Å². The number of carbonyl (C=O) groups excluding carboxylic acids is 1. The maximum absolute atomic E-state index is 11.8. The first-order chi connectivity index (χ1) is 8.61. The molecule has 0 aliphatic heterocycles. The zero-order chi connectivity index (χ0) is 14.8. The Hall–Kier alpha value is -2.31. The number of aromatic nitrogens is 1. The highest BCUT2D eigenvalue weighted by atomic mass is 16.6. The Morgan fingerprint density at radius 1 is 1.37 bits per heavy atom. The van der Waals surface area contributed by atoms with Crippen LogP contribution in [0, 0.1) is 6.92 Å². The first kappa shape index (κ1) is 14.7. The van der Waals surface area contributed by atoms with Crippen molar-refractivity contribution < 1.29 is 19.4 Å². The molecule has 0 aliphatic carbocycles. The van der Waals surface area contributed by atoms with E-state index in [9.17, 15) is 9.59 Å². The number of aryl methyl sites for hydroxylation is 1. The van der Waals surface area contributed by atoms with Crippen LogP contribution in [0.5, 0.6) is 0 Å². The van der Waals surface area contributed by atoms with E-state index in [0.29, 0.717) is 16.3 Å². The number of nitrogens with zero attached hydrogens (tertiary/aromatic N) is 2.